The molecule has 2 amide bonds. The topological polar surface area (TPSA) is 49.9 Å². The van der Waals surface area contributed by atoms with Crippen LogP contribution in [0.25, 0.3) is 0 Å². The number of rotatable bonds is 4. The molecule has 30 heavy (non-hydrogen) atoms. The SMILES string of the molecule is COc1ccc(C2CCN(C(=O)C3CCCN3C(=O)c3cc(Cl)cc(Cl)c3)C2)cc1. The lowest BCUT2D eigenvalue weighted by Crippen LogP contribution is -2.47. The molecule has 2 aliphatic rings. The molecule has 2 unspecified atom stereocenters. The van der Waals surface area contributed by atoms with Gasteiger partial charge >= 0.3 is 0 Å². The molecule has 0 N–H and O–H groups in total. The maximum absolute atomic E-state index is 13.3. The molecule has 2 aliphatic heterocycles. The minimum absolute atomic E-state index is 0.0324. The van der Waals surface area contributed by atoms with Crippen molar-refractivity contribution in [2.45, 2.75) is 31.2 Å². The number of likely N-dealkylation sites (tertiary alicyclic amines) is 2. The fraction of sp³-hybridized carbons (Fsp3) is 0.391. The molecule has 2 heterocycles. The first-order chi connectivity index (χ1) is 14.5. The summed E-state index contributed by atoms with van der Waals surface area (Å²) in [5.41, 5.74) is 1.63. The zero-order valence-electron chi connectivity index (χ0n) is 16.8. The molecule has 0 spiro atoms. The molecule has 2 atom stereocenters. The fourth-order valence-corrected chi connectivity index (χ4v) is 4.96. The number of carbonyl (C=O) groups excluding carboxylic acids is 2. The van der Waals surface area contributed by atoms with Crippen LogP contribution < -0.4 is 4.74 Å². The lowest BCUT2D eigenvalue weighted by atomic mass is 9.98. The quantitative estimate of drug-likeness (QED) is 0.687. The van der Waals surface area contributed by atoms with Gasteiger partial charge in [0, 0.05) is 41.2 Å². The van der Waals surface area contributed by atoms with Crippen LogP contribution >= 0.6 is 23.2 Å². The maximum Gasteiger partial charge on any atom is 0.254 e. The van der Waals surface area contributed by atoms with E-state index in [2.05, 4.69) is 12.1 Å². The summed E-state index contributed by atoms with van der Waals surface area (Å²) < 4.78 is 5.23. The summed E-state index contributed by atoms with van der Waals surface area (Å²) in [6.45, 7) is 1.94. The van der Waals surface area contributed by atoms with Gasteiger partial charge in [-0.3, -0.25) is 9.59 Å². The Labute approximate surface area is 186 Å². The van der Waals surface area contributed by atoms with E-state index in [0.717, 1.165) is 18.6 Å². The van der Waals surface area contributed by atoms with E-state index in [0.29, 0.717) is 47.6 Å². The van der Waals surface area contributed by atoms with Crippen LogP contribution in [-0.4, -0.2) is 54.4 Å². The largest absolute Gasteiger partial charge is 0.497 e. The zero-order valence-corrected chi connectivity index (χ0v) is 18.3. The van der Waals surface area contributed by atoms with E-state index in [9.17, 15) is 9.59 Å². The van der Waals surface area contributed by atoms with Gasteiger partial charge in [-0.15, -0.1) is 0 Å². The standard InChI is InChI=1S/C23H24Cl2N2O3/c1-30-20-6-4-15(5-7-20)16-8-10-26(14-16)23(29)21-3-2-9-27(21)22(28)17-11-18(24)13-19(25)12-17/h4-7,11-13,16,21H,2-3,8-10,14H2,1H3. The molecule has 158 valence electrons. The van der Waals surface area contributed by atoms with Crippen LogP contribution in [0.3, 0.4) is 0 Å². The molecule has 0 bridgehead atoms. The smallest absolute Gasteiger partial charge is 0.254 e. The molecule has 4 rings (SSSR count). The molecular weight excluding hydrogens is 423 g/mol. The van der Waals surface area contributed by atoms with Crippen LogP contribution in [0.2, 0.25) is 10.0 Å². The van der Waals surface area contributed by atoms with Gasteiger partial charge < -0.3 is 14.5 Å². The Bertz CT molecular complexity index is 928. The van der Waals surface area contributed by atoms with Gasteiger partial charge in [0.25, 0.3) is 5.91 Å². The number of ether oxygens (including phenoxy) is 1. The van der Waals surface area contributed by atoms with Crippen LogP contribution in [0.1, 0.15) is 41.1 Å². The number of benzene rings is 2. The maximum atomic E-state index is 13.3. The Balaban J connectivity index is 1.45. The van der Waals surface area contributed by atoms with Crippen LogP contribution in [0.4, 0.5) is 0 Å². The fourth-order valence-electron chi connectivity index (χ4n) is 4.43. The third-order valence-corrected chi connectivity index (χ3v) is 6.43. The highest BCUT2D eigenvalue weighted by atomic mass is 35.5. The first kappa shape index (κ1) is 21.0. The normalized spacial score (nSPS) is 21.2. The van der Waals surface area contributed by atoms with E-state index in [-0.39, 0.29) is 11.8 Å². The van der Waals surface area contributed by atoms with Gasteiger partial charge in [-0.2, -0.15) is 0 Å². The van der Waals surface area contributed by atoms with Gasteiger partial charge in [0.1, 0.15) is 11.8 Å². The summed E-state index contributed by atoms with van der Waals surface area (Å²) in [5, 5.41) is 0.824. The molecule has 0 saturated carbocycles. The van der Waals surface area contributed by atoms with Crippen molar-refractivity contribution in [1.29, 1.82) is 0 Å². The summed E-state index contributed by atoms with van der Waals surface area (Å²) in [7, 11) is 1.65. The van der Waals surface area contributed by atoms with Gasteiger partial charge in [0.2, 0.25) is 5.91 Å². The Morgan fingerprint density at radius 2 is 1.70 bits per heavy atom. The number of carbonyl (C=O) groups is 2. The number of halogens is 2. The summed E-state index contributed by atoms with van der Waals surface area (Å²) in [5.74, 6) is 0.967. The average Bonchev–Trinajstić information content (AvgIpc) is 3.42. The van der Waals surface area contributed by atoms with E-state index in [1.165, 1.54) is 5.56 Å². The number of hydrogen-bond acceptors (Lipinski definition) is 3. The second-order valence-corrected chi connectivity index (χ2v) is 8.73. The van der Waals surface area contributed by atoms with Gasteiger partial charge in [-0.05, 0) is 55.2 Å². The second kappa shape index (κ2) is 8.86. The van der Waals surface area contributed by atoms with Crippen molar-refractivity contribution in [1.82, 2.24) is 9.80 Å². The third kappa shape index (κ3) is 4.28. The molecule has 2 aromatic carbocycles. The van der Waals surface area contributed by atoms with Crippen LogP contribution in [-0.2, 0) is 4.79 Å². The highest BCUT2D eigenvalue weighted by Crippen LogP contribution is 2.31. The lowest BCUT2D eigenvalue weighted by Gasteiger charge is -2.28. The Morgan fingerprint density at radius 3 is 2.37 bits per heavy atom. The van der Waals surface area contributed by atoms with Crippen molar-refractivity contribution < 1.29 is 14.3 Å². The van der Waals surface area contributed by atoms with Crippen LogP contribution in [0.15, 0.2) is 42.5 Å². The first-order valence-corrected chi connectivity index (χ1v) is 10.9. The number of nitrogens with zero attached hydrogens (tertiary/aromatic N) is 2. The Hall–Kier alpha value is -2.24. The Morgan fingerprint density at radius 1 is 1.00 bits per heavy atom. The second-order valence-electron chi connectivity index (χ2n) is 7.86. The molecule has 0 aliphatic carbocycles. The summed E-state index contributed by atoms with van der Waals surface area (Å²) in [6.07, 6.45) is 2.41. The molecular formula is C23H24Cl2N2O3. The minimum atomic E-state index is -0.426. The van der Waals surface area contributed by atoms with E-state index < -0.39 is 6.04 Å². The van der Waals surface area contributed by atoms with Crippen molar-refractivity contribution in [2.24, 2.45) is 0 Å². The van der Waals surface area contributed by atoms with Crippen molar-refractivity contribution in [2.75, 3.05) is 26.7 Å². The number of amides is 2. The highest BCUT2D eigenvalue weighted by molar-refractivity contribution is 6.35. The van der Waals surface area contributed by atoms with Crippen LogP contribution in [0.5, 0.6) is 5.75 Å². The number of methoxy groups -OCH3 is 1. The van der Waals surface area contributed by atoms with Crippen molar-refractivity contribution >= 4 is 35.0 Å². The van der Waals surface area contributed by atoms with E-state index >= 15 is 0 Å². The van der Waals surface area contributed by atoms with Crippen molar-refractivity contribution in [3.63, 3.8) is 0 Å². The monoisotopic (exact) mass is 446 g/mol. The van der Waals surface area contributed by atoms with E-state index in [1.54, 1.807) is 30.2 Å². The van der Waals surface area contributed by atoms with Crippen molar-refractivity contribution in [3.05, 3.63) is 63.6 Å². The molecule has 5 nitrogen and oxygen atoms in total. The first-order valence-electron chi connectivity index (χ1n) is 10.2. The predicted octanol–water partition coefficient (Wildman–Crippen LogP) is 4.62. The molecule has 0 radical (unpaired) electrons. The molecule has 7 heteroatoms. The summed E-state index contributed by atoms with van der Waals surface area (Å²) in [6, 6.07) is 12.4. The van der Waals surface area contributed by atoms with Gasteiger partial charge in [0.15, 0.2) is 0 Å². The van der Waals surface area contributed by atoms with Gasteiger partial charge in [-0.1, -0.05) is 35.3 Å². The lowest BCUT2D eigenvalue weighted by molar-refractivity contribution is -0.134. The van der Waals surface area contributed by atoms with Crippen LogP contribution in [0, 0.1) is 0 Å². The molecule has 2 aromatic rings. The molecule has 2 fully saturated rings. The van der Waals surface area contributed by atoms with Crippen molar-refractivity contribution in [3.8, 4) is 5.75 Å². The van der Waals surface area contributed by atoms with E-state index in [4.69, 9.17) is 27.9 Å². The van der Waals surface area contributed by atoms with Gasteiger partial charge in [-0.25, -0.2) is 0 Å². The molecule has 2 saturated heterocycles. The van der Waals surface area contributed by atoms with Gasteiger partial charge in [0.05, 0.1) is 7.11 Å². The molecule has 0 aromatic heterocycles. The summed E-state index contributed by atoms with van der Waals surface area (Å²) >= 11 is 12.1. The summed E-state index contributed by atoms with van der Waals surface area (Å²) in [4.78, 5) is 29.9. The predicted molar refractivity (Wildman–Crippen MR) is 117 cm³/mol. The minimum Gasteiger partial charge on any atom is -0.497 e. The average molecular weight is 447 g/mol. The zero-order chi connectivity index (χ0) is 21.3. The highest BCUT2D eigenvalue weighted by Gasteiger charge is 2.39. The van der Waals surface area contributed by atoms with E-state index in [1.807, 2.05) is 17.0 Å². The Kier molecular flexibility index (Phi) is 6.21. The number of hydrogen-bond donors (Lipinski definition) is 0. The third-order valence-electron chi connectivity index (χ3n) is 6.00.